The summed E-state index contributed by atoms with van der Waals surface area (Å²) in [6.07, 6.45) is -0.697. The molecule has 1 N–H and O–H groups in total. The first-order valence-electron chi connectivity index (χ1n) is 7.33. The molecule has 0 aromatic heterocycles. The summed E-state index contributed by atoms with van der Waals surface area (Å²) in [7, 11) is 2.88. The van der Waals surface area contributed by atoms with Crippen molar-refractivity contribution in [2.45, 2.75) is 13.0 Å². The number of nitrogens with one attached hydrogen (secondary N) is 1. The van der Waals surface area contributed by atoms with E-state index in [2.05, 4.69) is 10.1 Å². The number of methoxy groups -OCH3 is 2. The molecule has 6 heteroatoms. The summed E-state index contributed by atoms with van der Waals surface area (Å²) in [5, 5.41) is 2.73. The van der Waals surface area contributed by atoms with E-state index in [1.54, 1.807) is 62.6 Å². The van der Waals surface area contributed by atoms with Gasteiger partial charge in [-0.25, -0.2) is 4.79 Å². The maximum absolute atomic E-state index is 12.2. The van der Waals surface area contributed by atoms with Gasteiger partial charge in [-0.05, 0) is 43.3 Å². The maximum Gasteiger partial charge on any atom is 0.337 e. The molecule has 1 amide bonds. The Bertz CT molecular complexity index is 712. The van der Waals surface area contributed by atoms with E-state index in [-0.39, 0.29) is 5.91 Å². The van der Waals surface area contributed by atoms with E-state index >= 15 is 0 Å². The van der Waals surface area contributed by atoms with Crippen LogP contribution in [0.25, 0.3) is 0 Å². The van der Waals surface area contributed by atoms with Gasteiger partial charge in [0.25, 0.3) is 5.91 Å². The van der Waals surface area contributed by atoms with Crippen molar-refractivity contribution in [3.8, 4) is 11.5 Å². The average Bonchev–Trinajstić information content (AvgIpc) is 2.61. The minimum Gasteiger partial charge on any atom is -0.497 e. The highest BCUT2D eigenvalue weighted by atomic mass is 16.5. The Morgan fingerprint density at radius 3 is 2.29 bits per heavy atom. The molecule has 0 bridgehead atoms. The van der Waals surface area contributed by atoms with Crippen molar-refractivity contribution in [2.75, 3.05) is 19.5 Å². The van der Waals surface area contributed by atoms with E-state index in [4.69, 9.17) is 9.47 Å². The van der Waals surface area contributed by atoms with Crippen LogP contribution in [0.4, 0.5) is 5.69 Å². The summed E-state index contributed by atoms with van der Waals surface area (Å²) in [6, 6.07) is 13.4. The fourth-order valence-electron chi connectivity index (χ4n) is 1.98. The molecule has 2 aromatic carbocycles. The molecule has 0 fully saturated rings. The molecule has 0 radical (unpaired) electrons. The second-order valence-electron chi connectivity index (χ2n) is 5.00. The summed E-state index contributed by atoms with van der Waals surface area (Å²) in [5.74, 6) is 0.461. The van der Waals surface area contributed by atoms with Gasteiger partial charge in [-0.3, -0.25) is 4.79 Å². The number of hydrogen-bond donors (Lipinski definition) is 1. The summed E-state index contributed by atoms with van der Waals surface area (Å²) in [6.45, 7) is 1.65. The Hall–Kier alpha value is -3.02. The van der Waals surface area contributed by atoms with Gasteiger partial charge in [-0.1, -0.05) is 6.07 Å². The molecule has 2 rings (SSSR count). The number of anilines is 1. The van der Waals surface area contributed by atoms with Crippen LogP contribution in [-0.4, -0.2) is 32.2 Å². The molecule has 0 saturated heterocycles. The van der Waals surface area contributed by atoms with Crippen LogP contribution >= 0.6 is 0 Å². The van der Waals surface area contributed by atoms with Crippen molar-refractivity contribution in [1.29, 1.82) is 0 Å². The van der Waals surface area contributed by atoms with Crippen LogP contribution in [0.1, 0.15) is 17.3 Å². The molecule has 24 heavy (non-hydrogen) atoms. The van der Waals surface area contributed by atoms with Crippen molar-refractivity contribution >= 4 is 17.6 Å². The average molecular weight is 329 g/mol. The van der Waals surface area contributed by atoms with Gasteiger partial charge >= 0.3 is 5.97 Å². The van der Waals surface area contributed by atoms with E-state index in [0.717, 1.165) is 0 Å². The molecule has 0 aliphatic rings. The lowest BCUT2D eigenvalue weighted by molar-refractivity contribution is -0.122. The number of ether oxygens (including phenoxy) is 3. The van der Waals surface area contributed by atoms with E-state index in [9.17, 15) is 9.59 Å². The highest BCUT2D eigenvalue weighted by Gasteiger charge is 2.15. The fraction of sp³-hybridized carbons (Fsp3) is 0.222. The summed E-state index contributed by atoms with van der Waals surface area (Å²) in [5.41, 5.74) is 0.977. The zero-order valence-electron chi connectivity index (χ0n) is 13.7. The number of carbonyl (C=O) groups is 2. The molecule has 0 aliphatic carbocycles. The number of hydrogen-bond acceptors (Lipinski definition) is 5. The van der Waals surface area contributed by atoms with Gasteiger partial charge in [0.1, 0.15) is 11.5 Å². The third-order valence-corrected chi connectivity index (χ3v) is 3.30. The van der Waals surface area contributed by atoms with Gasteiger partial charge in [0, 0.05) is 11.8 Å². The first-order chi connectivity index (χ1) is 11.5. The van der Waals surface area contributed by atoms with Crippen molar-refractivity contribution in [1.82, 2.24) is 0 Å². The monoisotopic (exact) mass is 329 g/mol. The molecule has 0 aliphatic heterocycles. The Kier molecular flexibility index (Phi) is 5.78. The number of esters is 1. The Morgan fingerprint density at radius 2 is 1.67 bits per heavy atom. The lowest BCUT2D eigenvalue weighted by atomic mass is 10.2. The lowest BCUT2D eigenvalue weighted by Gasteiger charge is -2.15. The fourth-order valence-corrected chi connectivity index (χ4v) is 1.98. The molecule has 6 nitrogen and oxygen atoms in total. The second-order valence-corrected chi connectivity index (χ2v) is 5.00. The number of carbonyl (C=O) groups excluding carboxylic acids is 2. The highest BCUT2D eigenvalue weighted by Crippen LogP contribution is 2.20. The van der Waals surface area contributed by atoms with Crippen LogP contribution in [0.2, 0.25) is 0 Å². The molecule has 126 valence electrons. The zero-order chi connectivity index (χ0) is 17.5. The first-order valence-corrected chi connectivity index (χ1v) is 7.33. The zero-order valence-corrected chi connectivity index (χ0v) is 13.7. The second kappa shape index (κ2) is 8.01. The van der Waals surface area contributed by atoms with Gasteiger partial charge in [0.2, 0.25) is 0 Å². The van der Waals surface area contributed by atoms with E-state index < -0.39 is 12.1 Å². The number of amides is 1. The maximum atomic E-state index is 12.2. The molecule has 1 atom stereocenters. The molecule has 1 unspecified atom stereocenters. The van der Waals surface area contributed by atoms with E-state index in [1.807, 2.05) is 0 Å². The van der Waals surface area contributed by atoms with Crippen LogP contribution in [0, 0.1) is 0 Å². The van der Waals surface area contributed by atoms with Crippen molar-refractivity contribution < 1.29 is 23.8 Å². The Morgan fingerprint density at radius 1 is 1.00 bits per heavy atom. The van der Waals surface area contributed by atoms with Gasteiger partial charge in [-0.15, -0.1) is 0 Å². The highest BCUT2D eigenvalue weighted by molar-refractivity contribution is 5.95. The Balaban J connectivity index is 1.97. The van der Waals surface area contributed by atoms with Crippen molar-refractivity contribution in [3.05, 3.63) is 54.1 Å². The first kappa shape index (κ1) is 17.3. The van der Waals surface area contributed by atoms with Gasteiger partial charge in [-0.2, -0.15) is 0 Å². The molecular weight excluding hydrogens is 310 g/mol. The van der Waals surface area contributed by atoms with E-state index in [1.165, 1.54) is 7.11 Å². The topological polar surface area (TPSA) is 73.9 Å². The normalized spacial score (nSPS) is 11.3. The van der Waals surface area contributed by atoms with Crippen LogP contribution in [0.5, 0.6) is 11.5 Å². The SMILES string of the molecule is COC(=O)c1ccc(NC(=O)C(C)Oc2cccc(OC)c2)cc1. The molecule has 0 spiro atoms. The minimum atomic E-state index is -0.697. The molecular formula is C18H19NO5. The van der Waals surface area contributed by atoms with Gasteiger partial charge in [0.15, 0.2) is 6.10 Å². The number of rotatable bonds is 6. The van der Waals surface area contributed by atoms with Gasteiger partial charge < -0.3 is 19.5 Å². The minimum absolute atomic E-state index is 0.302. The molecule has 0 saturated carbocycles. The predicted molar refractivity (Wildman–Crippen MR) is 89.5 cm³/mol. The number of benzene rings is 2. The van der Waals surface area contributed by atoms with Crippen LogP contribution in [0.15, 0.2) is 48.5 Å². The third-order valence-electron chi connectivity index (χ3n) is 3.30. The lowest BCUT2D eigenvalue weighted by Crippen LogP contribution is -2.30. The molecule has 2 aromatic rings. The third kappa shape index (κ3) is 4.49. The summed E-state index contributed by atoms with van der Waals surface area (Å²) >= 11 is 0. The molecule has 0 heterocycles. The summed E-state index contributed by atoms with van der Waals surface area (Å²) < 4.78 is 15.3. The standard InChI is InChI=1S/C18H19NO5/c1-12(24-16-6-4-5-15(11-16)22-2)17(20)19-14-9-7-13(8-10-14)18(21)23-3/h4-12H,1-3H3,(H,19,20). The van der Waals surface area contributed by atoms with Crippen molar-refractivity contribution in [3.63, 3.8) is 0 Å². The van der Waals surface area contributed by atoms with Crippen LogP contribution in [0.3, 0.4) is 0 Å². The Labute approximate surface area is 140 Å². The van der Waals surface area contributed by atoms with Crippen molar-refractivity contribution in [2.24, 2.45) is 0 Å². The quantitative estimate of drug-likeness (QED) is 0.825. The predicted octanol–water partition coefficient (Wildman–Crippen LogP) is 2.89. The smallest absolute Gasteiger partial charge is 0.337 e. The largest absolute Gasteiger partial charge is 0.497 e. The van der Waals surface area contributed by atoms with Gasteiger partial charge in [0.05, 0.1) is 19.8 Å². The van der Waals surface area contributed by atoms with E-state index in [0.29, 0.717) is 22.7 Å². The van der Waals surface area contributed by atoms with Crippen LogP contribution < -0.4 is 14.8 Å². The van der Waals surface area contributed by atoms with Crippen LogP contribution in [-0.2, 0) is 9.53 Å². The summed E-state index contributed by atoms with van der Waals surface area (Å²) in [4.78, 5) is 23.6.